The van der Waals surface area contributed by atoms with E-state index in [9.17, 15) is 19.7 Å². The average molecular weight is 350 g/mol. The highest BCUT2D eigenvalue weighted by atomic mass is 79.9. The Balaban J connectivity index is 2.16. The first-order valence-electron chi connectivity index (χ1n) is 5.74. The summed E-state index contributed by atoms with van der Waals surface area (Å²) in [7, 11) is 0. The van der Waals surface area contributed by atoms with E-state index in [4.69, 9.17) is 4.74 Å². The van der Waals surface area contributed by atoms with Crippen LogP contribution in [-0.2, 0) is 4.74 Å². The van der Waals surface area contributed by atoms with Crippen LogP contribution in [-0.4, -0.2) is 16.9 Å². The van der Waals surface area contributed by atoms with E-state index in [1.165, 1.54) is 30.3 Å². The Morgan fingerprint density at radius 2 is 1.57 bits per heavy atom. The molecule has 0 aliphatic carbocycles. The summed E-state index contributed by atoms with van der Waals surface area (Å²) in [5.74, 6) is -1.77. The van der Waals surface area contributed by atoms with Gasteiger partial charge in [-0.2, -0.15) is 0 Å². The molecule has 0 spiro atoms. The summed E-state index contributed by atoms with van der Waals surface area (Å²) in [6.07, 6.45) is 0. The molecule has 0 aliphatic rings. The highest BCUT2D eigenvalue weighted by molar-refractivity contribution is 9.10. The first kappa shape index (κ1) is 14.9. The van der Waals surface area contributed by atoms with Crippen LogP contribution in [0.25, 0.3) is 0 Å². The molecule has 0 radical (unpaired) electrons. The molecule has 2 aromatic carbocycles. The van der Waals surface area contributed by atoms with Crippen molar-refractivity contribution in [3.63, 3.8) is 0 Å². The number of nitro groups is 1. The molecular formula is C14H8BrNO5. The van der Waals surface area contributed by atoms with E-state index in [0.717, 1.165) is 6.07 Å². The number of halogens is 1. The quantitative estimate of drug-likeness (QED) is 0.367. The van der Waals surface area contributed by atoms with Gasteiger partial charge in [-0.15, -0.1) is 0 Å². The third-order valence-electron chi connectivity index (χ3n) is 2.54. The van der Waals surface area contributed by atoms with Gasteiger partial charge >= 0.3 is 11.9 Å². The van der Waals surface area contributed by atoms with E-state index in [2.05, 4.69) is 15.9 Å². The maximum atomic E-state index is 11.8. The van der Waals surface area contributed by atoms with Gasteiger partial charge in [0.05, 0.1) is 16.1 Å². The Morgan fingerprint density at radius 1 is 1.00 bits per heavy atom. The molecule has 6 nitrogen and oxygen atoms in total. The number of nitro benzene ring substituents is 1. The Hall–Kier alpha value is -2.54. The molecule has 106 valence electrons. The lowest BCUT2D eigenvalue weighted by Gasteiger charge is -2.03. The standard InChI is InChI=1S/C14H8BrNO5/c15-11-5-1-3-9(7-11)13(17)21-14(18)10-4-2-6-12(8-10)16(19)20/h1-8H. The molecule has 0 N–H and O–H groups in total. The molecule has 0 saturated carbocycles. The van der Waals surface area contributed by atoms with Crippen molar-refractivity contribution in [2.75, 3.05) is 0 Å². The minimum absolute atomic E-state index is 0.0625. The van der Waals surface area contributed by atoms with Gasteiger partial charge in [0.25, 0.3) is 5.69 Å². The Labute approximate surface area is 127 Å². The topological polar surface area (TPSA) is 86.5 Å². The summed E-state index contributed by atoms with van der Waals surface area (Å²) in [5.41, 5.74) is -0.116. The number of carbonyl (C=O) groups excluding carboxylic acids is 2. The fraction of sp³-hybridized carbons (Fsp3) is 0. The number of ether oxygens (including phenoxy) is 1. The average Bonchev–Trinajstić information content (AvgIpc) is 2.47. The number of hydrogen-bond donors (Lipinski definition) is 0. The van der Waals surface area contributed by atoms with Crippen molar-refractivity contribution in [2.24, 2.45) is 0 Å². The summed E-state index contributed by atoms with van der Waals surface area (Å²) >= 11 is 3.20. The van der Waals surface area contributed by atoms with Gasteiger partial charge in [0.2, 0.25) is 0 Å². The second-order valence-corrected chi connectivity index (χ2v) is 4.91. The van der Waals surface area contributed by atoms with Crippen molar-refractivity contribution in [3.8, 4) is 0 Å². The number of non-ortho nitro benzene ring substituents is 1. The predicted molar refractivity (Wildman–Crippen MR) is 77.0 cm³/mol. The number of carbonyl (C=O) groups is 2. The van der Waals surface area contributed by atoms with Crippen molar-refractivity contribution < 1.29 is 19.2 Å². The van der Waals surface area contributed by atoms with Crippen LogP contribution in [0.3, 0.4) is 0 Å². The molecule has 0 fully saturated rings. The zero-order valence-corrected chi connectivity index (χ0v) is 12.1. The Bertz CT molecular complexity index is 729. The van der Waals surface area contributed by atoms with Gasteiger partial charge in [-0.1, -0.05) is 28.1 Å². The lowest BCUT2D eigenvalue weighted by atomic mass is 10.2. The van der Waals surface area contributed by atoms with Gasteiger partial charge in [-0.3, -0.25) is 10.1 Å². The largest absolute Gasteiger partial charge is 0.386 e. The van der Waals surface area contributed by atoms with Crippen LogP contribution in [0.5, 0.6) is 0 Å². The molecule has 7 heteroatoms. The molecule has 0 atom stereocenters. The third-order valence-corrected chi connectivity index (χ3v) is 3.03. The highest BCUT2D eigenvalue weighted by Crippen LogP contribution is 2.16. The fourth-order valence-electron chi connectivity index (χ4n) is 1.56. The molecule has 0 bridgehead atoms. The second kappa shape index (κ2) is 6.27. The molecule has 2 rings (SSSR count). The van der Waals surface area contributed by atoms with E-state index in [1.807, 2.05) is 0 Å². The van der Waals surface area contributed by atoms with Crippen LogP contribution in [0, 0.1) is 10.1 Å². The molecule has 2 aromatic rings. The monoisotopic (exact) mass is 349 g/mol. The van der Waals surface area contributed by atoms with E-state index < -0.39 is 16.9 Å². The summed E-state index contributed by atoms with van der Waals surface area (Å²) in [6.45, 7) is 0. The predicted octanol–water partition coefficient (Wildman–Crippen LogP) is 3.35. The molecule has 0 heterocycles. The number of hydrogen-bond acceptors (Lipinski definition) is 5. The molecule has 0 aliphatic heterocycles. The van der Waals surface area contributed by atoms with Gasteiger partial charge in [0.1, 0.15) is 0 Å². The maximum Gasteiger partial charge on any atom is 0.346 e. The van der Waals surface area contributed by atoms with Crippen LogP contribution < -0.4 is 0 Å². The van der Waals surface area contributed by atoms with Crippen molar-refractivity contribution in [1.29, 1.82) is 0 Å². The maximum absolute atomic E-state index is 11.8. The minimum Gasteiger partial charge on any atom is -0.386 e. The summed E-state index contributed by atoms with van der Waals surface area (Å²) in [6, 6.07) is 11.3. The van der Waals surface area contributed by atoms with Crippen LogP contribution in [0.2, 0.25) is 0 Å². The van der Waals surface area contributed by atoms with Gasteiger partial charge in [-0.25, -0.2) is 9.59 Å². The molecule has 21 heavy (non-hydrogen) atoms. The molecule has 0 aromatic heterocycles. The minimum atomic E-state index is -0.941. The first-order chi connectivity index (χ1) is 9.97. The molecule has 0 unspecified atom stereocenters. The second-order valence-electron chi connectivity index (χ2n) is 3.99. The van der Waals surface area contributed by atoms with Gasteiger partial charge in [0, 0.05) is 16.6 Å². The summed E-state index contributed by atoms with van der Waals surface area (Å²) in [5, 5.41) is 10.6. The zero-order valence-electron chi connectivity index (χ0n) is 10.5. The smallest absolute Gasteiger partial charge is 0.346 e. The van der Waals surface area contributed by atoms with Gasteiger partial charge < -0.3 is 4.74 Å². The first-order valence-corrected chi connectivity index (χ1v) is 6.53. The third kappa shape index (κ3) is 3.73. The number of rotatable bonds is 3. The number of nitrogens with zero attached hydrogens (tertiary/aromatic N) is 1. The van der Waals surface area contributed by atoms with Crippen LogP contribution in [0.1, 0.15) is 20.7 Å². The van der Waals surface area contributed by atoms with Crippen molar-refractivity contribution >= 4 is 33.6 Å². The van der Waals surface area contributed by atoms with E-state index in [1.54, 1.807) is 12.1 Å². The van der Waals surface area contributed by atoms with Crippen LogP contribution >= 0.6 is 15.9 Å². The molecule has 0 saturated heterocycles. The van der Waals surface area contributed by atoms with Gasteiger partial charge in [0.15, 0.2) is 0 Å². The normalized spacial score (nSPS) is 9.95. The molecular weight excluding hydrogens is 342 g/mol. The molecule has 0 amide bonds. The lowest BCUT2D eigenvalue weighted by Crippen LogP contribution is -2.13. The highest BCUT2D eigenvalue weighted by Gasteiger charge is 2.17. The van der Waals surface area contributed by atoms with Crippen molar-refractivity contribution in [2.45, 2.75) is 0 Å². The van der Waals surface area contributed by atoms with Crippen LogP contribution in [0.15, 0.2) is 53.0 Å². The van der Waals surface area contributed by atoms with Crippen molar-refractivity contribution in [3.05, 3.63) is 74.2 Å². The van der Waals surface area contributed by atoms with Crippen LogP contribution in [0.4, 0.5) is 5.69 Å². The van der Waals surface area contributed by atoms with E-state index in [0.29, 0.717) is 4.47 Å². The number of esters is 2. The van der Waals surface area contributed by atoms with E-state index >= 15 is 0 Å². The van der Waals surface area contributed by atoms with Gasteiger partial charge in [-0.05, 0) is 24.3 Å². The number of benzene rings is 2. The summed E-state index contributed by atoms with van der Waals surface area (Å²) in [4.78, 5) is 33.6. The Morgan fingerprint density at radius 3 is 2.14 bits per heavy atom. The zero-order chi connectivity index (χ0) is 15.4. The SMILES string of the molecule is O=C(OC(=O)c1cccc([N+](=O)[O-])c1)c1cccc(Br)c1. The van der Waals surface area contributed by atoms with E-state index in [-0.39, 0.29) is 16.8 Å². The summed E-state index contributed by atoms with van der Waals surface area (Å²) < 4.78 is 5.36. The fourth-order valence-corrected chi connectivity index (χ4v) is 1.96. The Kier molecular flexibility index (Phi) is 4.44. The van der Waals surface area contributed by atoms with Crippen molar-refractivity contribution in [1.82, 2.24) is 0 Å². The lowest BCUT2D eigenvalue weighted by molar-refractivity contribution is -0.384.